The monoisotopic (exact) mass is 195 g/mol. The van der Waals surface area contributed by atoms with Gasteiger partial charge in [-0.1, -0.05) is 24.4 Å². The van der Waals surface area contributed by atoms with Crippen LogP contribution in [0.25, 0.3) is 0 Å². The average Bonchev–Trinajstić information content (AvgIpc) is 2.62. The van der Waals surface area contributed by atoms with Crippen LogP contribution in [0.4, 0.5) is 0 Å². The number of aromatic nitrogens is 1. The van der Waals surface area contributed by atoms with E-state index in [4.69, 9.17) is 12.2 Å². The van der Waals surface area contributed by atoms with E-state index in [0.29, 0.717) is 0 Å². The summed E-state index contributed by atoms with van der Waals surface area (Å²) in [5.74, 6) is 0. The predicted molar refractivity (Wildman–Crippen MR) is 55.9 cm³/mol. The molecule has 0 aliphatic carbocycles. The lowest BCUT2D eigenvalue weighted by atomic mass is 10.5. The molecule has 1 nitrogen and oxygen atoms in total. The fourth-order valence-electron chi connectivity index (χ4n) is 0.598. The van der Waals surface area contributed by atoms with Crippen molar-refractivity contribution < 1.29 is 0 Å². The van der Waals surface area contributed by atoms with Gasteiger partial charge in [0.1, 0.15) is 0 Å². The highest BCUT2D eigenvalue weighted by molar-refractivity contribution is 7.71. The molecule has 2 rings (SSSR count). The first kappa shape index (κ1) is 9.16. The number of hydrogen-bond donors (Lipinski definition) is 1. The molecule has 1 N–H and O–H groups in total. The van der Waals surface area contributed by atoms with Gasteiger partial charge in [0.25, 0.3) is 0 Å². The van der Waals surface area contributed by atoms with Crippen molar-refractivity contribution in [1.82, 2.24) is 4.98 Å². The molecule has 0 saturated heterocycles. The SMILES string of the molecule is S=c1cc[nH]cc1.c1ccsc1. The minimum Gasteiger partial charge on any atom is -0.368 e. The van der Waals surface area contributed by atoms with Gasteiger partial charge in [-0.05, 0) is 22.9 Å². The zero-order chi connectivity index (χ0) is 8.65. The number of rotatable bonds is 0. The van der Waals surface area contributed by atoms with E-state index in [1.807, 2.05) is 47.4 Å². The number of thiophene rings is 1. The molecule has 2 aromatic rings. The summed E-state index contributed by atoms with van der Waals surface area (Å²) >= 11 is 6.50. The fourth-order valence-corrected chi connectivity index (χ4v) is 1.19. The number of aromatic amines is 1. The second-order valence-electron chi connectivity index (χ2n) is 2.03. The quantitative estimate of drug-likeness (QED) is 0.636. The summed E-state index contributed by atoms with van der Waals surface area (Å²) in [6.45, 7) is 0. The Hall–Kier alpha value is -0.930. The lowest BCUT2D eigenvalue weighted by Crippen LogP contribution is -1.62. The van der Waals surface area contributed by atoms with Crippen LogP contribution in [-0.4, -0.2) is 4.98 Å². The number of H-pyrrole nitrogens is 1. The van der Waals surface area contributed by atoms with Gasteiger partial charge >= 0.3 is 0 Å². The van der Waals surface area contributed by atoms with Crippen LogP contribution in [0, 0.1) is 4.51 Å². The van der Waals surface area contributed by atoms with Crippen LogP contribution in [0.1, 0.15) is 0 Å². The smallest absolute Gasteiger partial charge is 0.0406 e. The molecule has 2 aromatic heterocycles. The molecule has 12 heavy (non-hydrogen) atoms. The molecule has 0 bridgehead atoms. The van der Waals surface area contributed by atoms with E-state index < -0.39 is 0 Å². The highest BCUT2D eigenvalue weighted by Crippen LogP contribution is 1.91. The molecule has 0 fully saturated rings. The number of hydrogen-bond acceptors (Lipinski definition) is 2. The fraction of sp³-hybridized carbons (Fsp3) is 0. The molecular weight excluding hydrogens is 186 g/mol. The van der Waals surface area contributed by atoms with Crippen LogP contribution < -0.4 is 0 Å². The molecular formula is C9H9NS2. The average molecular weight is 195 g/mol. The lowest BCUT2D eigenvalue weighted by molar-refractivity contribution is 1.32. The topological polar surface area (TPSA) is 15.8 Å². The van der Waals surface area contributed by atoms with E-state index >= 15 is 0 Å². The van der Waals surface area contributed by atoms with Crippen LogP contribution in [0.3, 0.4) is 0 Å². The van der Waals surface area contributed by atoms with Gasteiger partial charge in [-0.3, -0.25) is 0 Å². The molecule has 0 radical (unpaired) electrons. The van der Waals surface area contributed by atoms with Gasteiger partial charge in [-0.25, -0.2) is 0 Å². The molecule has 0 aliphatic rings. The maximum Gasteiger partial charge on any atom is 0.0406 e. The maximum absolute atomic E-state index is 4.79. The van der Waals surface area contributed by atoms with Crippen LogP contribution in [0.15, 0.2) is 47.4 Å². The van der Waals surface area contributed by atoms with E-state index in [2.05, 4.69) is 4.98 Å². The molecule has 62 valence electrons. The molecule has 0 amide bonds. The van der Waals surface area contributed by atoms with Gasteiger partial charge in [0, 0.05) is 16.9 Å². The summed E-state index contributed by atoms with van der Waals surface area (Å²) in [4.78, 5) is 2.87. The van der Waals surface area contributed by atoms with E-state index in [1.54, 1.807) is 11.3 Å². The molecule has 0 spiro atoms. The van der Waals surface area contributed by atoms with E-state index in [9.17, 15) is 0 Å². The Bertz CT molecular complexity index is 303. The lowest BCUT2D eigenvalue weighted by Gasteiger charge is -1.75. The largest absolute Gasteiger partial charge is 0.368 e. The Balaban J connectivity index is 0.000000127. The first-order valence-corrected chi connectivity index (χ1v) is 4.85. The zero-order valence-corrected chi connectivity index (χ0v) is 8.07. The highest BCUT2D eigenvalue weighted by Gasteiger charge is 1.66. The zero-order valence-electron chi connectivity index (χ0n) is 6.44. The van der Waals surface area contributed by atoms with Crippen LogP contribution in [0.5, 0.6) is 0 Å². The summed E-state index contributed by atoms with van der Waals surface area (Å²) in [6, 6.07) is 7.72. The number of pyridine rings is 1. The normalized spacial score (nSPS) is 8.33. The third-order valence-corrected chi connectivity index (χ3v) is 2.01. The Kier molecular flexibility index (Phi) is 4.34. The second kappa shape index (κ2) is 5.69. The summed E-state index contributed by atoms with van der Waals surface area (Å²) in [6.07, 6.45) is 3.62. The van der Waals surface area contributed by atoms with Crippen molar-refractivity contribution in [2.75, 3.05) is 0 Å². The molecule has 2 heterocycles. The summed E-state index contributed by atoms with van der Waals surface area (Å²) in [7, 11) is 0. The Labute approximate surface area is 80.7 Å². The van der Waals surface area contributed by atoms with Gasteiger partial charge in [0.15, 0.2) is 0 Å². The van der Waals surface area contributed by atoms with Crippen molar-refractivity contribution in [3.63, 3.8) is 0 Å². The molecule has 0 atom stereocenters. The van der Waals surface area contributed by atoms with Crippen molar-refractivity contribution in [2.24, 2.45) is 0 Å². The Morgan fingerprint density at radius 2 is 1.67 bits per heavy atom. The molecule has 0 aliphatic heterocycles. The van der Waals surface area contributed by atoms with Gasteiger partial charge in [0.2, 0.25) is 0 Å². The van der Waals surface area contributed by atoms with Gasteiger partial charge in [0.05, 0.1) is 0 Å². The first-order chi connectivity index (χ1) is 5.89. The van der Waals surface area contributed by atoms with Crippen molar-refractivity contribution in [3.8, 4) is 0 Å². The van der Waals surface area contributed by atoms with E-state index in [0.717, 1.165) is 4.51 Å². The van der Waals surface area contributed by atoms with Crippen molar-refractivity contribution in [2.45, 2.75) is 0 Å². The van der Waals surface area contributed by atoms with Crippen molar-refractivity contribution in [3.05, 3.63) is 51.9 Å². The van der Waals surface area contributed by atoms with Crippen LogP contribution in [-0.2, 0) is 0 Å². The van der Waals surface area contributed by atoms with E-state index in [-0.39, 0.29) is 0 Å². The molecule has 3 heteroatoms. The summed E-state index contributed by atoms with van der Waals surface area (Å²) < 4.78 is 0.874. The Morgan fingerprint density at radius 3 is 1.92 bits per heavy atom. The second-order valence-corrected chi connectivity index (χ2v) is 3.32. The standard InChI is InChI=1S/C5H5NS.C4H4S/c7-5-1-3-6-4-2-5;1-2-4-5-3-1/h1-4H,(H,6,7);1-4H. The predicted octanol–water partition coefficient (Wildman–Crippen LogP) is 3.49. The highest BCUT2D eigenvalue weighted by atomic mass is 32.1. The number of nitrogens with one attached hydrogen (secondary N) is 1. The van der Waals surface area contributed by atoms with Crippen molar-refractivity contribution >= 4 is 23.6 Å². The van der Waals surface area contributed by atoms with Crippen LogP contribution >= 0.6 is 23.6 Å². The Morgan fingerprint density at radius 1 is 1.08 bits per heavy atom. The minimum absolute atomic E-state index is 0.874. The third kappa shape index (κ3) is 4.05. The third-order valence-electron chi connectivity index (χ3n) is 1.11. The van der Waals surface area contributed by atoms with Gasteiger partial charge < -0.3 is 4.98 Å². The van der Waals surface area contributed by atoms with E-state index in [1.165, 1.54) is 0 Å². The molecule has 0 aromatic carbocycles. The first-order valence-electron chi connectivity index (χ1n) is 3.50. The minimum atomic E-state index is 0.874. The van der Waals surface area contributed by atoms with Gasteiger partial charge in [-0.2, -0.15) is 11.3 Å². The molecule has 0 saturated carbocycles. The van der Waals surface area contributed by atoms with Crippen LogP contribution in [0.2, 0.25) is 0 Å². The van der Waals surface area contributed by atoms with Gasteiger partial charge in [-0.15, -0.1) is 0 Å². The molecule has 0 unspecified atom stereocenters. The summed E-state index contributed by atoms with van der Waals surface area (Å²) in [5.41, 5.74) is 0. The summed E-state index contributed by atoms with van der Waals surface area (Å²) in [5, 5.41) is 4.08. The maximum atomic E-state index is 4.79. The van der Waals surface area contributed by atoms with Crippen molar-refractivity contribution in [1.29, 1.82) is 0 Å².